The Morgan fingerprint density at radius 1 is 0.931 bits per heavy atom. The molecule has 8 heteroatoms. The second-order valence-corrected chi connectivity index (χ2v) is 7.44. The fraction of sp³-hybridized carbons (Fsp3) is 0.238. The van der Waals surface area contributed by atoms with Crippen molar-refractivity contribution in [3.05, 3.63) is 70.9 Å². The van der Waals surface area contributed by atoms with E-state index in [0.717, 1.165) is 12.6 Å². The van der Waals surface area contributed by atoms with Crippen molar-refractivity contribution >= 4 is 34.7 Å². The quantitative estimate of drug-likeness (QED) is 0.458. The molecule has 0 amide bonds. The van der Waals surface area contributed by atoms with E-state index < -0.39 is 11.7 Å². The predicted octanol–water partition coefficient (Wildman–Crippen LogP) is 6.83. The second kappa shape index (κ2) is 8.69. The Balaban J connectivity index is 1.85. The molecule has 0 aliphatic carbocycles. The lowest BCUT2D eigenvalue weighted by atomic mass is 10.0. The molecule has 3 aromatic rings. The number of halogens is 4. The van der Waals surface area contributed by atoms with Crippen molar-refractivity contribution in [1.82, 2.24) is 9.97 Å². The predicted molar refractivity (Wildman–Crippen MR) is 110 cm³/mol. The van der Waals surface area contributed by atoms with E-state index in [9.17, 15) is 13.2 Å². The van der Waals surface area contributed by atoms with Gasteiger partial charge in [0, 0.05) is 22.6 Å². The van der Waals surface area contributed by atoms with Gasteiger partial charge >= 0.3 is 6.18 Å². The van der Waals surface area contributed by atoms with Gasteiger partial charge in [0.1, 0.15) is 11.4 Å². The standard InChI is InChI=1S/C21H20ClF3N4/c1-13(2)11-14-3-7-17(8-4-14)28-20-26-12-18(21(23,24)25)19(29-20)27-16-9-5-15(22)6-10-16/h3-10,12-13H,11H2,1-2H3,(H2,26,27,28,29). The van der Waals surface area contributed by atoms with Crippen LogP contribution in [0.4, 0.5) is 36.3 Å². The van der Waals surface area contributed by atoms with Crippen LogP contribution in [-0.2, 0) is 12.6 Å². The molecule has 0 fully saturated rings. The van der Waals surface area contributed by atoms with Crippen LogP contribution in [0.25, 0.3) is 0 Å². The molecule has 3 rings (SSSR count). The van der Waals surface area contributed by atoms with E-state index in [2.05, 4.69) is 34.4 Å². The number of nitrogens with zero attached hydrogens (tertiary/aromatic N) is 2. The zero-order valence-corrected chi connectivity index (χ0v) is 16.6. The Morgan fingerprint density at radius 2 is 1.52 bits per heavy atom. The molecule has 0 unspecified atom stereocenters. The largest absolute Gasteiger partial charge is 0.421 e. The van der Waals surface area contributed by atoms with Crippen LogP contribution in [0.5, 0.6) is 0 Å². The molecule has 0 atom stereocenters. The summed E-state index contributed by atoms with van der Waals surface area (Å²) in [7, 11) is 0. The minimum absolute atomic E-state index is 0.0612. The zero-order chi connectivity index (χ0) is 21.0. The molecule has 0 aliphatic rings. The summed E-state index contributed by atoms with van der Waals surface area (Å²) in [5.74, 6) is 0.258. The lowest BCUT2D eigenvalue weighted by Crippen LogP contribution is -2.12. The topological polar surface area (TPSA) is 49.8 Å². The Bertz CT molecular complexity index is 955. The number of nitrogens with one attached hydrogen (secondary N) is 2. The smallest absolute Gasteiger partial charge is 0.340 e. The first kappa shape index (κ1) is 20.9. The average molecular weight is 421 g/mol. The van der Waals surface area contributed by atoms with Gasteiger partial charge in [-0.1, -0.05) is 37.6 Å². The van der Waals surface area contributed by atoms with Crippen LogP contribution in [0.2, 0.25) is 5.02 Å². The minimum Gasteiger partial charge on any atom is -0.340 e. The maximum Gasteiger partial charge on any atom is 0.421 e. The number of anilines is 4. The molecule has 0 saturated heterocycles. The van der Waals surface area contributed by atoms with Crippen molar-refractivity contribution in [2.45, 2.75) is 26.4 Å². The number of aromatic nitrogens is 2. The van der Waals surface area contributed by atoms with E-state index in [-0.39, 0.29) is 11.8 Å². The Kier molecular flexibility index (Phi) is 6.27. The highest BCUT2D eigenvalue weighted by Gasteiger charge is 2.35. The van der Waals surface area contributed by atoms with Crippen LogP contribution in [0.15, 0.2) is 54.7 Å². The van der Waals surface area contributed by atoms with Crippen molar-refractivity contribution in [1.29, 1.82) is 0 Å². The third-order valence-electron chi connectivity index (χ3n) is 4.06. The molecule has 2 aromatic carbocycles. The molecular weight excluding hydrogens is 401 g/mol. The van der Waals surface area contributed by atoms with Crippen LogP contribution >= 0.6 is 11.6 Å². The fourth-order valence-electron chi connectivity index (χ4n) is 2.74. The van der Waals surface area contributed by atoms with Crippen molar-refractivity contribution < 1.29 is 13.2 Å². The Labute approximate surface area is 172 Å². The van der Waals surface area contributed by atoms with E-state index in [1.54, 1.807) is 24.3 Å². The van der Waals surface area contributed by atoms with Gasteiger partial charge in [-0.2, -0.15) is 18.2 Å². The lowest BCUT2D eigenvalue weighted by Gasteiger charge is -2.15. The van der Waals surface area contributed by atoms with E-state index in [0.29, 0.717) is 22.3 Å². The van der Waals surface area contributed by atoms with Crippen LogP contribution in [0.1, 0.15) is 25.0 Å². The summed E-state index contributed by atoms with van der Waals surface area (Å²) in [5.41, 5.74) is 1.35. The summed E-state index contributed by atoms with van der Waals surface area (Å²) in [6.45, 7) is 4.27. The molecule has 1 heterocycles. The highest BCUT2D eigenvalue weighted by molar-refractivity contribution is 6.30. The summed E-state index contributed by atoms with van der Waals surface area (Å²) in [6, 6.07) is 14.0. The first-order valence-corrected chi connectivity index (χ1v) is 9.41. The number of benzene rings is 2. The monoisotopic (exact) mass is 420 g/mol. The van der Waals surface area contributed by atoms with E-state index in [4.69, 9.17) is 11.6 Å². The van der Waals surface area contributed by atoms with Crippen LogP contribution in [0.3, 0.4) is 0 Å². The molecule has 0 saturated carbocycles. The third-order valence-corrected chi connectivity index (χ3v) is 4.31. The first-order valence-electron chi connectivity index (χ1n) is 9.03. The van der Waals surface area contributed by atoms with Gasteiger partial charge in [0.15, 0.2) is 0 Å². The van der Waals surface area contributed by atoms with Crippen LogP contribution in [0, 0.1) is 5.92 Å². The van der Waals surface area contributed by atoms with E-state index >= 15 is 0 Å². The summed E-state index contributed by atoms with van der Waals surface area (Å²) in [5, 5.41) is 6.12. The number of alkyl halides is 3. The van der Waals surface area contributed by atoms with Gasteiger partial charge in [0.25, 0.3) is 0 Å². The second-order valence-electron chi connectivity index (χ2n) is 7.01. The first-order chi connectivity index (χ1) is 13.7. The minimum atomic E-state index is -4.59. The normalized spacial score (nSPS) is 11.6. The molecule has 152 valence electrons. The van der Waals surface area contributed by atoms with E-state index in [1.807, 2.05) is 24.3 Å². The Hall–Kier alpha value is -2.80. The highest BCUT2D eigenvalue weighted by atomic mass is 35.5. The highest BCUT2D eigenvalue weighted by Crippen LogP contribution is 2.35. The van der Waals surface area contributed by atoms with Gasteiger partial charge in [-0.25, -0.2) is 4.98 Å². The number of rotatable bonds is 6. The van der Waals surface area contributed by atoms with Gasteiger partial charge < -0.3 is 10.6 Å². The van der Waals surface area contributed by atoms with Gasteiger partial charge in [-0.05, 0) is 54.3 Å². The molecule has 1 aromatic heterocycles. The maximum atomic E-state index is 13.4. The Morgan fingerprint density at radius 3 is 2.10 bits per heavy atom. The van der Waals surface area contributed by atoms with Crippen molar-refractivity contribution in [3.8, 4) is 0 Å². The zero-order valence-electron chi connectivity index (χ0n) is 15.9. The molecule has 0 spiro atoms. The van der Waals surface area contributed by atoms with Crippen LogP contribution in [-0.4, -0.2) is 9.97 Å². The van der Waals surface area contributed by atoms with Crippen LogP contribution < -0.4 is 10.6 Å². The lowest BCUT2D eigenvalue weighted by molar-refractivity contribution is -0.137. The molecule has 29 heavy (non-hydrogen) atoms. The average Bonchev–Trinajstić information content (AvgIpc) is 2.64. The maximum absolute atomic E-state index is 13.4. The molecule has 0 radical (unpaired) electrons. The van der Waals surface area contributed by atoms with Crippen molar-refractivity contribution in [2.24, 2.45) is 5.92 Å². The van der Waals surface area contributed by atoms with Gasteiger partial charge in [-0.15, -0.1) is 0 Å². The van der Waals surface area contributed by atoms with Crippen molar-refractivity contribution in [3.63, 3.8) is 0 Å². The molecule has 0 aliphatic heterocycles. The summed E-state index contributed by atoms with van der Waals surface area (Å²) in [6.07, 6.45) is -2.88. The third kappa shape index (κ3) is 5.84. The number of hydrogen-bond donors (Lipinski definition) is 2. The van der Waals surface area contributed by atoms with Gasteiger partial charge in [0.2, 0.25) is 5.95 Å². The van der Waals surface area contributed by atoms with Gasteiger partial charge in [0.05, 0.1) is 0 Å². The molecule has 2 N–H and O–H groups in total. The summed E-state index contributed by atoms with van der Waals surface area (Å²) >= 11 is 5.83. The molecular formula is C21H20ClF3N4. The molecule has 0 bridgehead atoms. The number of hydrogen-bond acceptors (Lipinski definition) is 4. The molecule has 4 nitrogen and oxygen atoms in total. The fourth-order valence-corrected chi connectivity index (χ4v) is 2.87. The van der Waals surface area contributed by atoms with E-state index in [1.165, 1.54) is 5.56 Å². The summed E-state index contributed by atoms with van der Waals surface area (Å²) in [4.78, 5) is 7.86. The van der Waals surface area contributed by atoms with Crippen molar-refractivity contribution in [2.75, 3.05) is 10.6 Å². The van der Waals surface area contributed by atoms with Gasteiger partial charge in [-0.3, -0.25) is 0 Å². The SMILES string of the molecule is CC(C)Cc1ccc(Nc2ncc(C(F)(F)F)c(Nc3ccc(Cl)cc3)n2)cc1. The summed E-state index contributed by atoms with van der Waals surface area (Å²) < 4.78 is 40.1.